The molecule has 3 N–H and O–H groups in total. The van der Waals surface area contributed by atoms with Crippen molar-refractivity contribution >= 4 is 21.9 Å². The molecule has 128 valence electrons. The topological polar surface area (TPSA) is 129 Å². The van der Waals surface area contributed by atoms with Crippen LogP contribution in [0.1, 0.15) is 16.1 Å². The van der Waals surface area contributed by atoms with Gasteiger partial charge in [-0.05, 0) is 36.2 Å². The van der Waals surface area contributed by atoms with Crippen molar-refractivity contribution in [3.05, 3.63) is 54.0 Å². The van der Waals surface area contributed by atoms with Crippen LogP contribution in [-0.2, 0) is 26.0 Å². The molecule has 0 aliphatic heterocycles. The van der Waals surface area contributed by atoms with Gasteiger partial charge < -0.3 is 14.5 Å². The zero-order valence-electron chi connectivity index (χ0n) is 12.6. The number of benzene rings is 1. The summed E-state index contributed by atoms with van der Waals surface area (Å²) in [5.74, 6) is -1.14. The highest BCUT2D eigenvalue weighted by Crippen LogP contribution is 2.08. The summed E-state index contributed by atoms with van der Waals surface area (Å²) in [7, 11) is -3.71. The maximum absolute atomic E-state index is 11.6. The number of sulfonamides is 1. The van der Waals surface area contributed by atoms with E-state index in [-0.39, 0.29) is 10.7 Å². The molecule has 0 aliphatic rings. The lowest BCUT2D eigenvalue weighted by Crippen LogP contribution is -2.30. The van der Waals surface area contributed by atoms with E-state index in [4.69, 9.17) is 14.3 Å². The van der Waals surface area contributed by atoms with Crippen molar-refractivity contribution < 1.29 is 27.2 Å². The lowest BCUT2D eigenvalue weighted by atomic mass is 10.1. The van der Waals surface area contributed by atoms with E-state index < -0.39 is 28.5 Å². The van der Waals surface area contributed by atoms with E-state index in [0.717, 1.165) is 5.56 Å². The number of furan rings is 1. The number of amides is 1. The Morgan fingerprint density at radius 1 is 1.17 bits per heavy atom. The number of primary sulfonamides is 1. The predicted octanol–water partition coefficient (Wildman–Crippen LogP) is 0.443. The van der Waals surface area contributed by atoms with Gasteiger partial charge in [0.25, 0.3) is 5.91 Å². The fraction of sp³-hybridized carbons (Fsp3) is 0.200. The van der Waals surface area contributed by atoms with Gasteiger partial charge in [0.1, 0.15) is 0 Å². The van der Waals surface area contributed by atoms with Crippen molar-refractivity contribution in [2.45, 2.75) is 11.3 Å². The highest BCUT2D eigenvalue weighted by molar-refractivity contribution is 7.89. The Balaban J connectivity index is 1.72. The molecule has 1 amide bonds. The highest BCUT2D eigenvalue weighted by atomic mass is 32.2. The molecule has 0 fully saturated rings. The molecular formula is C15H16N2O6S. The molecule has 0 bridgehead atoms. The minimum Gasteiger partial charge on any atom is -0.457 e. The van der Waals surface area contributed by atoms with Gasteiger partial charge in [-0.3, -0.25) is 4.79 Å². The Hall–Kier alpha value is -2.65. The second kappa shape index (κ2) is 7.75. The molecule has 2 aromatic rings. The van der Waals surface area contributed by atoms with Gasteiger partial charge in [0.15, 0.2) is 6.61 Å². The summed E-state index contributed by atoms with van der Waals surface area (Å²) in [5.41, 5.74) is 0.829. The van der Waals surface area contributed by atoms with Crippen LogP contribution in [0.2, 0.25) is 0 Å². The summed E-state index contributed by atoms with van der Waals surface area (Å²) >= 11 is 0. The number of hydrogen-bond acceptors (Lipinski definition) is 6. The molecule has 0 atom stereocenters. The Kier molecular flexibility index (Phi) is 5.72. The molecule has 0 aliphatic carbocycles. The number of carbonyl (C=O) groups is 2. The lowest BCUT2D eigenvalue weighted by Gasteiger charge is -2.06. The molecule has 0 radical (unpaired) electrons. The number of esters is 1. The number of carbonyl (C=O) groups excluding carboxylic acids is 2. The van der Waals surface area contributed by atoms with E-state index >= 15 is 0 Å². The molecule has 0 saturated heterocycles. The van der Waals surface area contributed by atoms with Crippen molar-refractivity contribution in [2.24, 2.45) is 5.14 Å². The van der Waals surface area contributed by atoms with Crippen molar-refractivity contribution in [3.63, 3.8) is 0 Å². The van der Waals surface area contributed by atoms with Crippen LogP contribution in [0.4, 0.5) is 0 Å². The third-order valence-electron chi connectivity index (χ3n) is 3.04. The van der Waals surface area contributed by atoms with Crippen LogP contribution < -0.4 is 10.5 Å². The van der Waals surface area contributed by atoms with Crippen LogP contribution in [0.25, 0.3) is 0 Å². The first kappa shape index (κ1) is 17.7. The normalized spacial score (nSPS) is 11.0. The van der Waals surface area contributed by atoms with Gasteiger partial charge in [-0.25, -0.2) is 18.4 Å². The molecule has 1 heterocycles. The Bertz CT molecular complexity index is 797. The first-order valence-corrected chi connectivity index (χ1v) is 8.50. The fourth-order valence-corrected chi connectivity index (χ4v) is 2.36. The van der Waals surface area contributed by atoms with Gasteiger partial charge in [0.05, 0.1) is 11.2 Å². The van der Waals surface area contributed by atoms with E-state index in [1.807, 2.05) is 0 Å². The van der Waals surface area contributed by atoms with E-state index in [0.29, 0.717) is 13.0 Å². The Morgan fingerprint density at radius 3 is 2.46 bits per heavy atom. The SMILES string of the molecule is NS(=O)(=O)c1ccc(CCNC(=O)COC(=O)c2ccco2)cc1. The van der Waals surface area contributed by atoms with Gasteiger partial charge in [0, 0.05) is 6.54 Å². The van der Waals surface area contributed by atoms with E-state index in [1.54, 1.807) is 12.1 Å². The zero-order valence-corrected chi connectivity index (χ0v) is 13.4. The van der Waals surface area contributed by atoms with E-state index in [1.165, 1.54) is 30.5 Å². The highest BCUT2D eigenvalue weighted by Gasteiger charge is 2.12. The first-order chi connectivity index (χ1) is 11.4. The fourth-order valence-electron chi connectivity index (χ4n) is 1.84. The maximum atomic E-state index is 11.6. The maximum Gasteiger partial charge on any atom is 0.374 e. The number of hydrogen-bond donors (Lipinski definition) is 2. The lowest BCUT2D eigenvalue weighted by molar-refractivity contribution is -0.124. The summed E-state index contributed by atoms with van der Waals surface area (Å²) < 4.78 is 31.9. The van der Waals surface area contributed by atoms with Crippen LogP contribution in [0.3, 0.4) is 0 Å². The number of rotatable bonds is 7. The summed E-state index contributed by atoms with van der Waals surface area (Å²) in [6.07, 6.45) is 1.82. The van der Waals surface area contributed by atoms with Crippen molar-refractivity contribution in [1.82, 2.24) is 5.32 Å². The second-order valence-electron chi connectivity index (χ2n) is 4.84. The zero-order chi connectivity index (χ0) is 17.6. The molecule has 24 heavy (non-hydrogen) atoms. The summed E-state index contributed by atoms with van der Waals surface area (Å²) in [6, 6.07) is 9.00. The minimum atomic E-state index is -3.71. The van der Waals surface area contributed by atoms with Crippen LogP contribution >= 0.6 is 0 Å². The van der Waals surface area contributed by atoms with Crippen molar-refractivity contribution in [2.75, 3.05) is 13.2 Å². The third kappa shape index (κ3) is 5.21. The van der Waals surface area contributed by atoms with Gasteiger partial charge in [-0.15, -0.1) is 0 Å². The average molecular weight is 352 g/mol. The average Bonchev–Trinajstić information content (AvgIpc) is 3.07. The van der Waals surface area contributed by atoms with Gasteiger partial charge >= 0.3 is 5.97 Å². The number of ether oxygens (including phenoxy) is 1. The largest absolute Gasteiger partial charge is 0.457 e. The molecular weight excluding hydrogens is 336 g/mol. The molecule has 1 aromatic carbocycles. The molecule has 8 nitrogen and oxygen atoms in total. The molecule has 9 heteroatoms. The van der Waals surface area contributed by atoms with Crippen LogP contribution in [0.5, 0.6) is 0 Å². The molecule has 2 rings (SSSR count). The van der Waals surface area contributed by atoms with E-state index in [9.17, 15) is 18.0 Å². The third-order valence-corrected chi connectivity index (χ3v) is 3.97. The molecule has 0 unspecified atom stereocenters. The van der Waals surface area contributed by atoms with Gasteiger partial charge in [0.2, 0.25) is 15.8 Å². The van der Waals surface area contributed by atoms with Gasteiger partial charge in [-0.1, -0.05) is 12.1 Å². The molecule has 0 saturated carbocycles. The van der Waals surface area contributed by atoms with E-state index in [2.05, 4.69) is 5.32 Å². The molecule has 1 aromatic heterocycles. The quantitative estimate of drug-likeness (QED) is 0.696. The molecule has 0 spiro atoms. The smallest absolute Gasteiger partial charge is 0.374 e. The van der Waals surface area contributed by atoms with Crippen molar-refractivity contribution in [1.29, 1.82) is 0 Å². The minimum absolute atomic E-state index is 0.0257. The second-order valence-corrected chi connectivity index (χ2v) is 6.40. The summed E-state index contributed by atoms with van der Waals surface area (Å²) in [4.78, 5) is 23.1. The first-order valence-electron chi connectivity index (χ1n) is 6.95. The number of nitrogens with two attached hydrogens (primary N) is 1. The Morgan fingerprint density at radius 2 is 1.88 bits per heavy atom. The van der Waals surface area contributed by atoms with Gasteiger partial charge in [-0.2, -0.15) is 0 Å². The van der Waals surface area contributed by atoms with Crippen molar-refractivity contribution in [3.8, 4) is 0 Å². The Labute approximate surface area is 138 Å². The monoisotopic (exact) mass is 352 g/mol. The van der Waals surface area contributed by atoms with Crippen LogP contribution in [-0.4, -0.2) is 33.4 Å². The summed E-state index contributed by atoms with van der Waals surface area (Å²) in [5, 5.41) is 7.59. The van der Waals surface area contributed by atoms with Crippen LogP contribution in [0, 0.1) is 0 Å². The number of nitrogens with one attached hydrogen (secondary N) is 1. The predicted molar refractivity (Wildman–Crippen MR) is 83.5 cm³/mol. The summed E-state index contributed by atoms with van der Waals surface area (Å²) in [6.45, 7) is -0.101. The standard InChI is InChI=1S/C15H16N2O6S/c16-24(20,21)12-5-3-11(4-6-12)7-8-17-14(18)10-23-15(19)13-2-1-9-22-13/h1-6,9H,7-8,10H2,(H,17,18)(H2,16,20,21). The van der Waals surface area contributed by atoms with Crippen LogP contribution in [0.15, 0.2) is 52.0 Å².